The lowest BCUT2D eigenvalue weighted by Gasteiger charge is -2.30. The second kappa shape index (κ2) is 4.09. The summed E-state index contributed by atoms with van der Waals surface area (Å²) in [4.78, 5) is 2.28. The van der Waals surface area contributed by atoms with E-state index < -0.39 is 0 Å². The van der Waals surface area contributed by atoms with Crippen molar-refractivity contribution in [2.24, 2.45) is 5.73 Å². The lowest BCUT2D eigenvalue weighted by Crippen LogP contribution is -2.43. The number of nitrogens with zero attached hydrogens (tertiary/aromatic N) is 2. The summed E-state index contributed by atoms with van der Waals surface area (Å²) < 4.78 is 0. The first kappa shape index (κ1) is 11.5. The Bertz CT molecular complexity index is 350. The molecule has 0 radical (unpaired) electrons. The Balaban J connectivity index is 2.12. The molecule has 3 N–H and O–H groups in total. The van der Waals surface area contributed by atoms with Gasteiger partial charge in [0.25, 0.3) is 0 Å². The minimum Gasteiger partial charge on any atom is -0.354 e. The second-order valence-electron chi connectivity index (χ2n) is 5.74. The summed E-state index contributed by atoms with van der Waals surface area (Å²) in [6, 6.07) is 2.45. The van der Waals surface area contributed by atoms with Crippen LogP contribution >= 0.6 is 0 Å². The number of nitrogens with two attached hydrogens (primary N) is 1. The van der Waals surface area contributed by atoms with Crippen LogP contribution in [0, 0.1) is 0 Å². The summed E-state index contributed by atoms with van der Waals surface area (Å²) in [6.07, 6.45) is 2.30. The van der Waals surface area contributed by atoms with Gasteiger partial charge in [0.05, 0.1) is 0 Å². The number of anilines is 1. The number of rotatable bonds is 1. The van der Waals surface area contributed by atoms with E-state index >= 15 is 0 Å². The quantitative estimate of drug-likeness (QED) is 0.759. The molecule has 0 spiro atoms. The molecule has 1 aliphatic heterocycles. The molecule has 2 heterocycles. The molecular formula is C12H22N4. The average Bonchev–Trinajstić information content (AvgIpc) is 2.65. The lowest BCUT2D eigenvalue weighted by atomic mass is 9.92. The third-order valence-electron chi connectivity index (χ3n) is 3.15. The minimum atomic E-state index is 0.128. The minimum absolute atomic E-state index is 0.128. The van der Waals surface area contributed by atoms with Crippen molar-refractivity contribution >= 4 is 5.82 Å². The Morgan fingerprint density at radius 1 is 1.50 bits per heavy atom. The van der Waals surface area contributed by atoms with Gasteiger partial charge in [0.15, 0.2) is 5.82 Å². The largest absolute Gasteiger partial charge is 0.354 e. The molecule has 16 heavy (non-hydrogen) atoms. The lowest BCUT2D eigenvalue weighted by molar-refractivity contribution is 0.503. The van der Waals surface area contributed by atoms with Crippen LogP contribution in [-0.2, 0) is 5.41 Å². The Kier molecular flexibility index (Phi) is 2.93. The van der Waals surface area contributed by atoms with E-state index in [0.29, 0.717) is 6.04 Å². The monoisotopic (exact) mass is 222 g/mol. The van der Waals surface area contributed by atoms with Gasteiger partial charge in [-0.3, -0.25) is 5.10 Å². The third kappa shape index (κ3) is 2.38. The fourth-order valence-electron chi connectivity index (χ4n) is 2.08. The highest BCUT2D eigenvalue weighted by Gasteiger charge is 2.22. The highest BCUT2D eigenvalue weighted by atomic mass is 15.3. The zero-order valence-electron chi connectivity index (χ0n) is 10.5. The van der Waals surface area contributed by atoms with E-state index in [9.17, 15) is 0 Å². The molecule has 0 amide bonds. The fourth-order valence-corrected chi connectivity index (χ4v) is 2.08. The number of aromatic amines is 1. The van der Waals surface area contributed by atoms with Crippen molar-refractivity contribution in [1.29, 1.82) is 0 Å². The molecule has 1 fully saturated rings. The van der Waals surface area contributed by atoms with Gasteiger partial charge in [-0.25, -0.2) is 0 Å². The van der Waals surface area contributed by atoms with Crippen LogP contribution in [0.1, 0.15) is 39.3 Å². The van der Waals surface area contributed by atoms with Crippen LogP contribution in [0.25, 0.3) is 0 Å². The number of aromatic nitrogens is 2. The SMILES string of the molecule is CC(C)(C)c1cc(N2CCCC(N)C2)n[nH]1. The molecular weight excluding hydrogens is 200 g/mol. The molecule has 1 unspecified atom stereocenters. The number of hydrogen-bond acceptors (Lipinski definition) is 3. The maximum absolute atomic E-state index is 5.98. The molecule has 4 nitrogen and oxygen atoms in total. The van der Waals surface area contributed by atoms with Crippen molar-refractivity contribution in [3.63, 3.8) is 0 Å². The van der Waals surface area contributed by atoms with E-state index in [1.807, 2.05) is 0 Å². The van der Waals surface area contributed by atoms with E-state index in [-0.39, 0.29) is 5.41 Å². The normalized spacial score (nSPS) is 22.5. The van der Waals surface area contributed by atoms with Gasteiger partial charge in [-0.05, 0) is 12.8 Å². The van der Waals surface area contributed by atoms with Crippen molar-refractivity contribution in [3.05, 3.63) is 11.8 Å². The molecule has 1 aromatic rings. The van der Waals surface area contributed by atoms with Crippen molar-refractivity contribution in [2.75, 3.05) is 18.0 Å². The number of H-pyrrole nitrogens is 1. The van der Waals surface area contributed by atoms with Crippen LogP contribution in [0.2, 0.25) is 0 Å². The third-order valence-corrected chi connectivity index (χ3v) is 3.15. The van der Waals surface area contributed by atoms with Crippen LogP contribution in [0.4, 0.5) is 5.82 Å². The van der Waals surface area contributed by atoms with Crippen molar-refractivity contribution in [1.82, 2.24) is 10.2 Å². The molecule has 0 aromatic carbocycles. The summed E-state index contributed by atoms with van der Waals surface area (Å²) in [7, 11) is 0. The Morgan fingerprint density at radius 3 is 2.81 bits per heavy atom. The molecule has 2 rings (SSSR count). The topological polar surface area (TPSA) is 57.9 Å². The smallest absolute Gasteiger partial charge is 0.150 e. The zero-order valence-corrected chi connectivity index (χ0v) is 10.5. The summed E-state index contributed by atoms with van der Waals surface area (Å²) >= 11 is 0. The summed E-state index contributed by atoms with van der Waals surface area (Å²) in [5, 5.41) is 7.51. The van der Waals surface area contributed by atoms with Crippen LogP contribution in [-0.4, -0.2) is 29.3 Å². The Labute approximate surface area is 97.2 Å². The van der Waals surface area contributed by atoms with Crippen LogP contribution < -0.4 is 10.6 Å². The maximum Gasteiger partial charge on any atom is 0.150 e. The van der Waals surface area contributed by atoms with Crippen molar-refractivity contribution in [3.8, 4) is 0 Å². The molecule has 90 valence electrons. The van der Waals surface area contributed by atoms with Gasteiger partial charge >= 0.3 is 0 Å². The van der Waals surface area contributed by atoms with Gasteiger partial charge < -0.3 is 10.6 Å². The van der Waals surface area contributed by atoms with Crippen LogP contribution in [0.5, 0.6) is 0 Å². The van der Waals surface area contributed by atoms with Crippen LogP contribution in [0.3, 0.4) is 0 Å². The average molecular weight is 222 g/mol. The molecule has 1 saturated heterocycles. The van der Waals surface area contributed by atoms with Crippen LogP contribution in [0.15, 0.2) is 6.07 Å². The fraction of sp³-hybridized carbons (Fsp3) is 0.750. The Morgan fingerprint density at radius 2 is 2.25 bits per heavy atom. The first-order chi connectivity index (χ1) is 7.47. The molecule has 0 saturated carbocycles. The predicted molar refractivity (Wildman–Crippen MR) is 66.7 cm³/mol. The standard InChI is InChI=1S/C12H22N4/c1-12(2,3)10-7-11(15-14-10)16-6-4-5-9(13)8-16/h7,9H,4-6,8,13H2,1-3H3,(H,14,15). The number of nitrogens with one attached hydrogen (secondary N) is 1. The first-order valence-electron chi connectivity index (χ1n) is 6.03. The molecule has 1 aromatic heterocycles. The van der Waals surface area contributed by atoms with Gasteiger partial charge in [0, 0.05) is 36.3 Å². The number of piperidine rings is 1. The van der Waals surface area contributed by atoms with Gasteiger partial charge in [-0.15, -0.1) is 0 Å². The van der Waals surface area contributed by atoms with Gasteiger partial charge in [0.2, 0.25) is 0 Å². The summed E-state index contributed by atoms with van der Waals surface area (Å²) in [5.41, 5.74) is 7.29. The Hall–Kier alpha value is -1.03. The summed E-state index contributed by atoms with van der Waals surface area (Å²) in [6.45, 7) is 8.56. The zero-order chi connectivity index (χ0) is 11.8. The van der Waals surface area contributed by atoms with E-state index in [1.165, 1.54) is 12.1 Å². The van der Waals surface area contributed by atoms with E-state index in [1.54, 1.807) is 0 Å². The molecule has 0 aliphatic carbocycles. The molecule has 1 aliphatic rings. The second-order valence-corrected chi connectivity index (χ2v) is 5.74. The van der Waals surface area contributed by atoms with E-state index in [0.717, 1.165) is 25.3 Å². The van der Waals surface area contributed by atoms with E-state index in [4.69, 9.17) is 5.73 Å². The van der Waals surface area contributed by atoms with Crippen molar-refractivity contribution in [2.45, 2.75) is 45.1 Å². The summed E-state index contributed by atoms with van der Waals surface area (Å²) in [5.74, 6) is 1.04. The number of hydrogen-bond donors (Lipinski definition) is 2. The van der Waals surface area contributed by atoms with E-state index in [2.05, 4.69) is 41.9 Å². The first-order valence-corrected chi connectivity index (χ1v) is 6.03. The molecule has 4 heteroatoms. The molecule has 0 bridgehead atoms. The highest BCUT2D eigenvalue weighted by molar-refractivity contribution is 5.41. The van der Waals surface area contributed by atoms with Gasteiger partial charge in [-0.2, -0.15) is 5.10 Å². The van der Waals surface area contributed by atoms with Crippen molar-refractivity contribution < 1.29 is 0 Å². The maximum atomic E-state index is 5.98. The van der Waals surface area contributed by atoms with Gasteiger partial charge in [-0.1, -0.05) is 20.8 Å². The van der Waals surface area contributed by atoms with Gasteiger partial charge in [0.1, 0.15) is 0 Å². The highest BCUT2D eigenvalue weighted by Crippen LogP contribution is 2.25. The molecule has 1 atom stereocenters. The predicted octanol–water partition coefficient (Wildman–Crippen LogP) is 1.63.